The van der Waals surface area contributed by atoms with Crippen LogP contribution in [0, 0.1) is 5.92 Å². The molecule has 0 saturated carbocycles. The van der Waals surface area contributed by atoms with Crippen molar-refractivity contribution >= 4 is 6.09 Å². The van der Waals surface area contributed by atoms with Gasteiger partial charge in [0.1, 0.15) is 11.4 Å². The Bertz CT molecular complexity index is 482. The van der Waals surface area contributed by atoms with Gasteiger partial charge >= 0.3 is 6.09 Å². The lowest BCUT2D eigenvalue weighted by molar-refractivity contribution is 0.0180. The fourth-order valence-electron chi connectivity index (χ4n) is 2.91. The quantitative estimate of drug-likeness (QED) is 0.855. The molecular weight excluding hydrogens is 278 g/mol. The highest BCUT2D eigenvalue weighted by Gasteiger charge is 2.26. The molecule has 5 heteroatoms. The molecule has 0 atom stereocenters. The van der Waals surface area contributed by atoms with Crippen molar-refractivity contribution in [1.82, 2.24) is 14.5 Å². The average Bonchev–Trinajstić information content (AvgIpc) is 2.91. The molecule has 5 nitrogen and oxygen atoms in total. The van der Waals surface area contributed by atoms with Crippen LogP contribution in [0.2, 0.25) is 0 Å². The number of nitrogens with zero attached hydrogens (tertiary/aromatic N) is 3. The molecule has 0 spiro atoms. The molecule has 1 aliphatic heterocycles. The summed E-state index contributed by atoms with van der Waals surface area (Å²) in [7, 11) is 0. The second kappa shape index (κ2) is 7.16. The third-order valence-electron chi connectivity index (χ3n) is 4.16. The first-order chi connectivity index (χ1) is 10.4. The summed E-state index contributed by atoms with van der Waals surface area (Å²) in [6.07, 6.45) is 8.03. The number of piperidine rings is 1. The number of likely N-dealkylation sites (tertiary alicyclic amines) is 1. The van der Waals surface area contributed by atoms with Crippen molar-refractivity contribution in [2.24, 2.45) is 5.92 Å². The van der Waals surface area contributed by atoms with E-state index in [4.69, 9.17) is 4.74 Å². The van der Waals surface area contributed by atoms with Gasteiger partial charge in [0.15, 0.2) is 0 Å². The Labute approximate surface area is 133 Å². The second-order valence-corrected chi connectivity index (χ2v) is 7.09. The van der Waals surface area contributed by atoms with E-state index in [1.807, 2.05) is 31.9 Å². The normalized spacial score (nSPS) is 16.8. The Morgan fingerprint density at radius 2 is 2.05 bits per heavy atom. The van der Waals surface area contributed by atoms with E-state index < -0.39 is 5.60 Å². The summed E-state index contributed by atoms with van der Waals surface area (Å²) < 4.78 is 7.69. The fraction of sp³-hybridized carbons (Fsp3) is 0.765. The third kappa shape index (κ3) is 4.75. The SMILES string of the molecule is CCc1nccn1CCC1CCN(C(=O)OC(C)(C)C)CC1. The van der Waals surface area contributed by atoms with Gasteiger partial charge in [-0.25, -0.2) is 9.78 Å². The van der Waals surface area contributed by atoms with Crippen molar-refractivity contribution in [1.29, 1.82) is 0 Å². The summed E-state index contributed by atoms with van der Waals surface area (Å²) >= 11 is 0. The highest BCUT2D eigenvalue weighted by molar-refractivity contribution is 5.68. The Hall–Kier alpha value is -1.52. The summed E-state index contributed by atoms with van der Waals surface area (Å²) in [5.74, 6) is 1.84. The van der Waals surface area contributed by atoms with Gasteiger partial charge in [-0.2, -0.15) is 0 Å². The van der Waals surface area contributed by atoms with E-state index in [2.05, 4.69) is 22.7 Å². The van der Waals surface area contributed by atoms with Crippen molar-refractivity contribution in [3.8, 4) is 0 Å². The molecule has 0 N–H and O–H groups in total. The number of imidazole rings is 1. The lowest BCUT2D eigenvalue weighted by Gasteiger charge is -2.33. The Morgan fingerprint density at radius 1 is 1.36 bits per heavy atom. The minimum atomic E-state index is -0.411. The topological polar surface area (TPSA) is 47.4 Å². The maximum Gasteiger partial charge on any atom is 0.410 e. The van der Waals surface area contributed by atoms with Crippen LogP contribution in [0.4, 0.5) is 4.79 Å². The molecule has 0 unspecified atom stereocenters. The van der Waals surface area contributed by atoms with Crippen molar-refractivity contribution in [2.75, 3.05) is 13.1 Å². The Kier molecular flexibility index (Phi) is 5.48. The van der Waals surface area contributed by atoms with Crippen molar-refractivity contribution < 1.29 is 9.53 Å². The van der Waals surface area contributed by atoms with Crippen LogP contribution >= 0.6 is 0 Å². The van der Waals surface area contributed by atoms with E-state index in [0.29, 0.717) is 5.92 Å². The number of aromatic nitrogens is 2. The fourth-order valence-corrected chi connectivity index (χ4v) is 2.91. The molecule has 1 saturated heterocycles. The van der Waals surface area contributed by atoms with Crippen molar-refractivity contribution in [3.63, 3.8) is 0 Å². The predicted octanol–water partition coefficient (Wildman–Crippen LogP) is 3.48. The first-order valence-corrected chi connectivity index (χ1v) is 8.37. The summed E-state index contributed by atoms with van der Waals surface area (Å²) in [6, 6.07) is 0. The van der Waals surface area contributed by atoms with Gasteiger partial charge < -0.3 is 14.2 Å². The molecule has 1 aromatic heterocycles. The molecule has 0 radical (unpaired) electrons. The summed E-state index contributed by atoms with van der Waals surface area (Å²) in [5, 5.41) is 0. The minimum absolute atomic E-state index is 0.172. The van der Waals surface area contributed by atoms with Gasteiger partial charge in [-0.3, -0.25) is 0 Å². The lowest BCUT2D eigenvalue weighted by atomic mass is 9.94. The monoisotopic (exact) mass is 307 g/mol. The van der Waals surface area contributed by atoms with Crippen LogP contribution in [-0.4, -0.2) is 39.2 Å². The van der Waals surface area contributed by atoms with Gasteiger partial charge in [0.05, 0.1) is 0 Å². The lowest BCUT2D eigenvalue weighted by Crippen LogP contribution is -2.41. The molecule has 1 aliphatic rings. The number of carbonyl (C=O) groups is 1. The zero-order valence-corrected chi connectivity index (χ0v) is 14.3. The molecule has 0 bridgehead atoms. The number of hydrogen-bond donors (Lipinski definition) is 0. The summed E-state index contributed by atoms with van der Waals surface area (Å²) in [5.41, 5.74) is -0.411. The molecule has 0 aromatic carbocycles. The smallest absolute Gasteiger partial charge is 0.410 e. The summed E-state index contributed by atoms with van der Waals surface area (Å²) in [6.45, 7) is 10.5. The molecule has 1 amide bonds. The predicted molar refractivity (Wildman–Crippen MR) is 86.8 cm³/mol. The van der Waals surface area contributed by atoms with Crippen LogP contribution in [-0.2, 0) is 17.7 Å². The van der Waals surface area contributed by atoms with E-state index in [9.17, 15) is 4.79 Å². The number of amides is 1. The molecule has 0 aliphatic carbocycles. The molecule has 1 aromatic rings. The molecular formula is C17H29N3O2. The Balaban J connectivity index is 1.74. The van der Waals surface area contributed by atoms with Crippen LogP contribution in [0.5, 0.6) is 0 Å². The van der Waals surface area contributed by atoms with Crippen LogP contribution in [0.25, 0.3) is 0 Å². The van der Waals surface area contributed by atoms with Crippen molar-refractivity contribution in [3.05, 3.63) is 18.2 Å². The molecule has 1 fully saturated rings. The number of carbonyl (C=O) groups excluding carboxylic acids is 1. The highest BCUT2D eigenvalue weighted by Crippen LogP contribution is 2.23. The van der Waals surface area contributed by atoms with Gasteiger partial charge in [-0.1, -0.05) is 6.92 Å². The molecule has 124 valence electrons. The Morgan fingerprint density at radius 3 is 2.64 bits per heavy atom. The number of ether oxygens (including phenoxy) is 1. The van der Waals surface area contributed by atoms with Crippen LogP contribution in [0.3, 0.4) is 0 Å². The summed E-state index contributed by atoms with van der Waals surface area (Å²) in [4.78, 5) is 18.2. The standard InChI is InChI=1S/C17H29N3O2/c1-5-15-18-9-13-19(15)10-6-14-7-11-20(12-8-14)16(21)22-17(2,3)4/h9,13-14H,5-8,10-12H2,1-4H3. The molecule has 2 heterocycles. The van der Waals surface area contributed by atoms with Gasteiger partial charge in [0.25, 0.3) is 0 Å². The van der Waals surface area contributed by atoms with Crippen LogP contribution in [0.15, 0.2) is 12.4 Å². The maximum absolute atomic E-state index is 12.0. The van der Waals surface area contributed by atoms with Gasteiger partial charge in [0.2, 0.25) is 0 Å². The van der Waals surface area contributed by atoms with E-state index in [-0.39, 0.29) is 6.09 Å². The number of hydrogen-bond acceptors (Lipinski definition) is 3. The van der Waals surface area contributed by atoms with Gasteiger partial charge in [-0.05, 0) is 46.0 Å². The zero-order valence-electron chi connectivity index (χ0n) is 14.3. The second-order valence-electron chi connectivity index (χ2n) is 7.09. The van der Waals surface area contributed by atoms with E-state index in [0.717, 1.165) is 51.1 Å². The van der Waals surface area contributed by atoms with E-state index in [1.165, 1.54) is 0 Å². The molecule has 22 heavy (non-hydrogen) atoms. The van der Waals surface area contributed by atoms with Crippen molar-refractivity contribution in [2.45, 2.75) is 65.5 Å². The van der Waals surface area contributed by atoms with Crippen LogP contribution in [0.1, 0.15) is 52.8 Å². The number of aryl methyl sites for hydroxylation is 2. The molecule has 2 rings (SSSR count). The van der Waals surface area contributed by atoms with Gasteiger partial charge in [0, 0.05) is 38.4 Å². The first-order valence-electron chi connectivity index (χ1n) is 8.37. The van der Waals surface area contributed by atoms with Crippen LogP contribution < -0.4 is 0 Å². The zero-order chi connectivity index (χ0) is 16.2. The largest absolute Gasteiger partial charge is 0.444 e. The van der Waals surface area contributed by atoms with E-state index in [1.54, 1.807) is 0 Å². The highest BCUT2D eigenvalue weighted by atomic mass is 16.6. The van der Waals surface area contributed by atoms with Gasteiger partial charge in [-0.15, -0.1) is 0 Å². The van der Waals surface area contributed by atoms with E-state index >= 15 is 0 Å². The average molecular weight is 307 g/mol. The first kappa shape index (κ1) is 16.8. The third-order valence-corrected chi connectivity index (χ3v) is 4.16. The maximum atomic E-state index is 12.0. The minimum Gasteiger partial charge on any atom is -0.444 e. The number of rotatable bonds is 4.